The first-order valence-electron chi connectivity index (χ1n) is 7.64. The molecule has 25 heavy (non-hydrogen) atoms. The number of sulfone groups is 1. The molecule has 4 nitrogen and oxygen atoms in total. The lowest BCUT2D eigenvalue weighted by molar-refractivity contribution is -0.137. The van der Waals surface area contributed by atoms with Gasteiger partial charge in [0.25, 0.3) is 0 Å². The van der Waals surface area contributed by atoms with Crippen molar-refractivity contribution in [3.05, 3.63) is 41.0 Å². The van der Waals surface area contributed by atoms with Gasteiger partial charge in [-0.2, -0.15) is 13.2 Å². The largest absolute Gasteiger partial charge is 0.416 e. The summed E-state index contributed by atoms with van der Waals surface area (Å²) in [5.74, 6) is -0.555. The fourth-order valence-corrected chi connectivity index (χ4v) is 4.24. The summed E-state index contributed by atoms with van der Waals surface area (Å²) < 4.78 is 65.2. The number of allylic oxidation sites excluding steroid dienone is 1. The number of rotatable bonds is 3. The predicted octanol–water partition coefficient (Wildman–Crippen LogP) is 4.43. The molecule has 0 unspecified atom stereocenters. The molecule has 1 aliphatic heterocycles. The maximum atomic E-state index is 13.3. The van der Waals surface area contributed by atoms with Crippen LogP contribution in [0.15, 0.2) is 35.0 Å². The van der Waals surface area contributed by atoms with Gasteiger partial charge in [0.15, 0.2) is 14.9 Å². The molecule has 2 rings (SSSR count). The molecule has 1 aromatic carbocycles. The van der Waals surface area contributed by atoms with Gasteiger partial charge in [0.2, 0.25) is 0 Å². The van der Waals surface area contributed by atoms with Gasteiger partial charge in [-0.3, -0.25) is 0 Å². The van der Waals surface area contributed by atoms with Crippen LogP contribution in [0.25, 0.3) is 5.57 Å². The van der Waals surface area contributed by atoms with Gasteiger partial charge < -0.3 is 4.84 Å². The molecule has 0 amide bonds. The SMILES string of the molecule is CC(C)=C(CS(=O)(=O)C1=NOC(C)(C)C1)c1ccccc1C(F)(F)F. The second-order valence-corrected chi connectivity index (χ2v) is 8.78. The quantitative estimate of drug-likeness (QED) is 0.786. The van der Waals surface area contributed by atoms with E-state index in [1.54, 1.807) is 27.7 Å². The highest BCUT2D eigenvalue weighted by molar-refractivity contribution is 8.06. The number of hydrogen-bond donors (Lipinski definition) is 0. The third-order valence-electron chi connectivity index (χ3n) is 3.83. The molecule has 0 spiro atoms. The Labute approximate surface area is 145 Å². The van der Waals surface area contributed by atoms with Crippen LogP contribution in [0, 0.1) is 0 Å². The predicted molar refractivity (Wildman–Crippen MR) is 90.7 cm³/mol. The summed E-state index contributed by atoms with van der Waals surface area (Å²) in [5, 5.41) is 3.48. The molecule has 0 radical (unpaired) electrons. The molecule has 8 heteroatoms. The maximum Gasteiger partial charge on any atom is 0.416 e. The molecule has 138 valence electrons. The van der Waals surface area contributed by atoms with Crippen molar-refractivity contribution in [3.8, 4) is 0 Å². The minimum atomic E-state index is -4.57. The monoisotopic (exact) mass is 375 g/mol. The summed E-state index contributed by atoms with van der Waals surface area (Å²) in [5.41, 5.74) is -1.10. The van der Waals surface area contributed by atoms with E-state index in [4.69, 9.17) is 4.84 Å². The van der Waals surface area contributed by atoms with Crippen LogP contribution in [-0.2, 0) is 20.9 Å². The van der Waals surface area contributed by atoms with E-state index in [2.05, 4.69) is 5.16 Å². The summed E-state index contributed by atoms with van der Waals surface area (Å²) in [7, 11) is -3.89. The second-order valence-electron chi connectivity index (χ2n) is 6.79. The van der Waals surface area contributed by atoms with Gasteiger partial charge >= 0.3 is 6.18 Å². The van der Waals surface area contributed by atoms with E-state index >= 15 is 0 Å². The van der Waals surface area contributed by atoms with E-state index in [9.17, 15) is 21.6 Å². The van der Waals surface area contributed by atoms with E-state index in [-0.39, 0.29) is 22.6 Å². The van der Waals surface area contributed by atoms with Gasteiger partial charge in [0.1, 0.15) is 5.60 Å². The fourth-order valence-electron chi connectivity index (χ4n) is 2.53. The average molecular weight is 375 g/mol. The molecule has 1 heterocycles. The Kier molecular flexibility index (Phi) is 5.05. The van der Waals surface area contributed by atoms with Gasteiger partial charge in [-0.15, -0.1) is 0 Å². The van der Waals surface area contributed by atoms with Crippen LogP contribution < -0.4 is 0 Å². The van der Waals surface area contributed by atoms with Crippen LogP contribution in [0.5, 0.6) is 0 Å². The number of benzene rings is 1. The zero-order chi connectivity index (χ0) is 19.0. The highest BCUT2D eigenvalue weighted by Crippen LogP contribution is 2.37. The summed E-state index contributed by atoms with van der Waals surface area (Å²) in [6.07, 6.45) is -4.48. The summed E-state index contributed by atoms with van der Waals surface area (Å²) >= 11 is 0. The first kappa shape index (κ1) is 19.5. The summed E-state index contributed by atoms with van der Waals surface area (Å²) in [6.45, 7) is 6.57. The molecule has 0 N–H and O–H groups in total. The number of hydrogen-bond acceptors (Lipinski definition) is 4. The van der Waals surface area contributed by atoms with Crippen LogP contribution in [0.3, 0.4) is 0 Å². The van der Waals surface area contributed by atoms with Crippen molar-refractivity contribution in [1.82, 2.24) is 0 Å². The van der Waals surface area contributed by atoms with Gasteiger partial charge in [-0.25, -0.2) is 8.42 Å². The Morgan fingerprint density at radius 1 is 1.24 bits per heavy atom. The van der Waals surface area contributed by atoms with E-state index in [0.29, 0.717) is 5.57 Å². The van der Waals surface area contributed by atoms with Crippen LogP contribution in [0.2, 0.25) is 0 Å². The summed E-state index contributed by atoms with van der Waals surface area (Å²) in [4.78, 5) is 5.08. The molecule has 0 saturated heterocycles. The van der Waals surface area contributed by atoms with Crippen LogP contribution in [0.4, 0.5) is 13.2 Å². The number of alkyl halides is 3. The van der Waals surface area contributed by atoms with E-state index < -0.39 is 32.9 Å². The third-order valence-corrected chi connectivity index (χ3v) is 5.43. The Bertz CT molecular complexity index is 833. The van der Waals surface area contributed by atoms with Gasteiger partial charge in [-0.05, 0) is 44.9 Å². The van der Waals surface area contributed by atoms with Crippen molar-refractivity contribution >= 4 is 20.5 Å². The number of oxime groups is 1. The number of halogens is 3. The van der Waals surface area contributed by atoms with Crippen molar-refractivity contribution in [2.45, 2.75) is 45.9 Å². The lowest BCUT2D eigenvalue weighted by Gasteiger charge is -2.17. The van der Waals surface area contributed by atoms with Gasteiger partial charge in [0.05, 0.1) is 11.3 Å². The van der Waals surface area contributed by atoms with Crippen molar-refractivity contribution in [2.75, 3.05) is 5.75 Å². The second kappa shape index (κ2) is 6.48. The average Bonchev–Trinajstić information content (AvgIpc) is 2.85. The standard InChI is InChI=1S/C17H20F3NO3S/c1-11(2)13(12-7-5-6-8-14(12)17(18,19)20)10-25(22,23)15-9-16(3,4)24-21-15/h5-8H,9-10H2,1-4H3. The zero-order valence-corrected chi connectivity index (χ0v) is 15.3. The zero-order valence-electron chi connectivity index (χ0n) is 14.4. The van der Waals surface area contributed by atoms with Crippen molar-refractivity contribution in [1.29, 1.82) is 0 Å². The highest BCUT2D eigenvalue weighted by Gasteiger charge is 2.38. The molecule has 0 aliphatic carbocycles. The van der Waals surface area contributed by atoms with Crippen molar-refractivity contribution in [3.63, 3.8) is 0 Å². The van der Waals surface area contributed by atoms with Gasteiger partial charge in [0, 0.05) is 6.42 Å². The molecule has 0 fully saturated rings. The van der Waals surface area contributed by atoms with Crippen LogP contribution in [-0.4, -0.2) is 24.8 Å². The third kappa shape index (κ3) is 4.42. The van der Waals surface area contributed by atoms with E-state index in [1.165, 1.54) is 18.2 Å². The Balaban J connectivity index is 2.45. The minimum absolute atomic E-state index is 0.0896. The summed E-state index contributed by atoms with van der Waals surface area (Å²) in [6, 6.07) is 4.97. The van der Waals surface area contributed by atoms with Crippen molar-refractivity contribution in [2.24, 2.45) is 5.16 Å². The molecule has 0 aromatic heterocycles. The normalized spacial score (nSPS) is 17.0. The molecule has 0 saturated carbocycles. The Morgan fingerprint density at radius 2 is 1.84 bits per heavy atom. The molecule has 1 aromatic rings. The first-order valence-corrected chi connectivity index (χ1v) is 9.29. The molecular weight excluding hydrogens is 355 g/mol. The van der Waals surface area contributed by atoms with Crippen LogP contribution >= 0.6 is 0 Å². The topological polar surface area (TPSA) is 55.7 Å². The van der Waals surface area contributed by atoms with Crippen molar-refractivity contribution < 1.29 is 26.4 Å². The maximum absolute atomic E-state index is 13.3. The van der Waals surface area contributed by atoms with Gasteiger partial charge in [-0.1, -0.05) is 28.9 Å². The Hall–Kier alpha value is -1.83. The molecule has 0 atom stereocenters. The highest BCUT2D eigenvalue weighted by atomic mass is 32.2. The van der Waals surface area contributed by atoms with E-state index in [0.717, 1.165) is 6.07 Å². The molecular formula is C17H20F3NO3S. The van der Waals surface area contributed by atoms with E-state index in [1.807, 2.05) is 0 Å². The smallest absolute Gasteiger partial charge is 0.389 e. The fraction of sp³-hybridized carbons (Fsp3) is 0.471. The number of nitrogens with zero attached hydrogens (tertiary/aromatic N) is 1. The Morgan fingerprint density at radius 3 is 2.32 bits per heavy atom. The molecule has 0 bridgehead atoms. The first-order chi connectivity index (χ1) is 11.3. The minimum Gasteiger partial charge on any atom is -0.389 e. The molecule has 1 aliphatic rings. The lowest BCUT2D eigenvalue weighted by atomic mass is 9.97. The lowest BCUT2D eigenvalue weighted by Crippen LogP contribution is -2.25. The van der Waals surface area contributed by atoms with Crippen LogP contribution in [0.1, 0.15) is 45.2 Å².